The summed E-state index contributed by atoms with van der Waals surface area (Å²) < 4.78 is 2.21. The molecule has 0 amide bonds. The van der Waals surface area contributed by atoms with Gasteiger partial charge in [-0.25, -0.2) is 9.97 Å². The third-order valence-corrected chi connectivity index (χ3v) is 3.55. The molecule has 0 atom stereocenters. The Morgan fingerprint density at radius 1 is 1.44 bits per heavy atom. The maximum Gasteiger partial charge on any atom is 0.160 e. The van der Waals surface area contributed by atoms with E-state index in [1.807, 2.05) is 24.4 Å². The highest BCUT2D eigenvalue weighted by atomic mass is 15.1. The first-order chi connectivity index (χ1) is 8.90. The van der Waals surface area contributed by atoms with Gasteiger partial charge < -0.3 is 9.88 Å². The van der Waals surface area contributed by atoms with Crippen molar-refractivity contribution in [3.63, 3.8) is 0 Å². The van der Waals surface area contributed by atoms with Crippen LogP contribution in [-0.4, -0.2) is 27.6 Å². The summed E-state index contributed by atoms with van der Waals surface area (Å²) in [6.07, 6.45) is 6.05. The maximum atomic E-state index is 4.78. The quantitative estimate of drug-likeness (QED) is 0.838. The Kier molecular flexibility index (Phi) is 3.11. The molecule has 1 saturated heterocycles. The molecule has 1 N–H and O–H groups in total. The predicted octanol–water partition coefficient (Wildman–Crippen LogP) is 2.08. The second-order valence-electron chi connectivity index (χ2n) is 4.74. The van der Waals surface area contributed by atoms with Crippen LogP contribution in [-0.2, 0) is 6.54 Å². The molecule has 0 saturated carbocycles. The third kappa shape index (κ3) is 1.93. The molecule has 0 spiro atoms. The molecule has 94 valence electrons. The molecule has 1 aliphatic rings. The highest BCUT2D eigenvalue weighted by molar-refractivity contribution is 5.71. The molecule has 18 heavy (non-hydrogen) atoms. The molecule has 2 aromatic rings. The fourth-order valence-electron chi connectivity index (χ4n) is 2.68. The van der Waals surface area contributed by atoms with Crippen LogP contribution in [0.4, 0.5) is 0 Å². The third-order valence-electron chi connectivity index (χ3n) is 3.55. The first kappa shape index (κ1) is 11.4. The summed E-state index contributed by atoms with van der Waals surface area (Å²) in [4.78, 5) is 9.23. The molecule has 2 aromatic heterocycles. The predicted molar refractivity (Wildman–Crippen MR) is 72.6 cm³/mol. The molecular weight excluding hydrogens is 224 g/mol. The zero-order chi connectivity index (χ0) is 12.4. The van der Waals surface area contributed by atoms with Crippen molar-refractivity contribution in [1.82, 2.24) is 19.9 Å². The molecule has 0 unspecified atom stereocenters. The maximum absolute atomic E-state index is 4.78. The van der Waals surface area contributed by atoms with Gasteiger partial charge in [-0.3, -0.25) is 0 Å². The number of nitrogens with one attached hydrogen (secondary N) is 1. The zero-order valence-corrected chi connectivity index (χ0v) is 10.5. The van der Waals surface area contributed by atoms with Crippen LogP contribution in [0.15, 0.2) is 31.0 Å². The van der Waals surface area contributed by atoms with Gasteiger partial charge in [-0.15, -0.1) is 6.58 Å². The molecular formula is C14H18N4. The van der Waals surface area contributed by atoms with E-state index in [9.17, 15) is 0 Å². The number of piperidine rings is 1. The van der Waals surface area contributed by atoms with E-state index < -0.39 is 0 Å². The minimum absolute atomic E-state index is 0.542. The number of aromatic nitrogens is 3. The SMILES string of the molecule is C=CCn1c(C2CCNCC2)nc2cccnc21. The highest BCUT2D eigenvalue weighted by Gasteiger charge is 2.22. The van der Waals surface area contributed by atoms with E-state index in [-0.39, 0.29) is 0 Å². The smallest absolute Gasteiger partial charge is 0.160 e. The van der Waals surface area contributed by atoms with Crippen LogP contribution in [0.3, 0.4) is 0 Å². The number of hydrogen-bond acceptors (Lipinski definition) is 3. The van der Waals surface area contributed by atoms with Gasteiger partial charge in [0, 0.05) is 18.7 Å². The lowest BCUT2D eigenvalue weighted by Gasteiger charge is -2.22. The Bertz CT molecular complexity index is 552. The van der Waals surface area contributed by atoms with E-state index in [2.05, 4.69) is 21.4 Å². The number of allylic oxidation sites excluding steroid dienone is 1. The second kappa shape index (κ2) is 4.90. The molecule has 4 nitrogen and oxygen atoms in total. The van der Waals surface area contributed by atoms with Crippen LogP contribution in [0.5, 0.6) is 0 Å². The lowest BCUT2D eigenvalue weighted by atomic mass is 9.97. The fraction of sp³-hybridized carbons (Fsp3) is 0.429. The van der Waals surface area contributed by atoms with Crippen molar-refractivity contribution in [1.29, 1.82) is 0 Å². The van der Waals surface area contributed by atoms with Gasteiger partial charge in [-0.2, -0.15) is 0 Å². The summed E-state index contributed by atoms with van der Waals surface area (Å²) >= 11 is 0. The van der Waals surface area contributed by atoms with Crippen molar-refractivity contribution >= 4 is 11.2 Å². The average molecular weight is 242 g/mol. The molecule has 3 heterocycles. The molecule has 1 aliphatic heterocycles. The van der Waals surface area contributed by atoms with Gasteiger partial charge in [0.2, 0.25) is 0 Å². The minimum atomic E-state index is 0.542. The van der Waals surface area contributed by atoms with Crippen molar-refractivity contribution in [3.8, 4) is 0 Å². The average Bonchev–Trinajstić information content (AvgIpc) is 2.80. The van der Waals surface area contributed by atoms with Gasteiger partial charge in [0.05, 0.1) is 0 Å². The molecule has 0 aliphatic carbocycles. The zero-order valence-electron chi connectivity index (χ0n) is 10.5. The Morgan fingerprint density at radius 2 is 2.28 bits per heavy atom. The lowest BCUT2D eigenvalue weighted by Crippen LogP contribution is -2.28. The molecule has 4 heteroatoms. The summed E-state index contributed by atoms with van der Waals surface area (Å²) in [5, 5.41) is 3.40. The number of hydrogen-bond donors (Lipinski definition) is 1. The van der Waals surface area contributed by atoms with E-state index in [1.165, 1.54) is 5.82 Å². The van der Waals surface area contributed by atoms with E-state index in [4.69, 9.17) is 4.98 Å². The summed E-state index contributed by atoms with van der Waals surface area (Å²) in [5.74, 6) is 1.71. The minimum Gasteiger partial charge on any atom is -0.317 e. The van der Waals surface area contributed by atoms with E-state index in [0.29, 0.717) is 5.92 Å². The first-order valence-corrected chi connectivity index (χ1v) is 6.53. The van der Waals surface area contributed by atoms with Gasteiger partial charge in [-0.05, 0) is 38.1 Å². The van der Waals surface area contributed by atoms with Crippen LogP contribution in [0.2, 0.25) is 0 Å². The largest absolute Gasteiger partial charge is 0.317 e. The van der Waals surface area contributed by atoms with E-state index in [0.717, 1.165) is 43.6 Å². The van der Waals surface area contributed by atoms with Crippen molar-refractivity contribution in [2.45, 2.75) is 25.3 Å². The van der Waals surface area contributed by atoms with Crippen LogP contribution < -0.4 is 5.32 Å². The van der Waals surface area contributed by atoms with Gasteiger partial charge in [0.1, 0.15) is 11.3 Å². The second-order valence-corrected chi connectivity index (χ2v) is 4.74. The van der Waals surface area contributed by atoms with Crippen molar-refractivity contribution in [2.24, 2.45) is 0 Å². The van der Waals surface area contributed by atoms with Crippen LogP contribution in [0, 0.1) is 0 Å². The van der Waals surface area contributed by atoms with Crippen LogP contribution in [0.25, 0.3) is 11.2 Å². The Hall–Kier alpha value is -1.68. The topological polar surface area (TPSA) is 42.7 Å². The summed E-state index contributed by atoms with van der Waals surface area (Å²) in [5.41, 5.74) is 1.97. The molecule has 1 fully saturated rings. The van der Waals surface area contributed by atoms with Crippen molar-refractivity contribution in [3.05, 3.63) is 36.8 Å². The van der Waals surface area contributed by atoms with Gasteiger partial charge in [0.15, 0.2) is 5.65 Å². The fourth-order valence-corrected chi connectivity index (χ4v) is 2.68. The van der Waals surface area contributed by atoms with Crippen LogP contribution >= 0.6 is 0 Å². The number of nitrogens with zero attached hydrogens (tertiary/aromatic N) is 3. The molecule has 3 rings (SSSR count). The summed E-state index contributed by atoms with van der Waals surface area (Å²) in [7, 11) is 0. The summed E-state index contributed by atoms with van der Waals surface area (Å²) in [6.45, 7) is 6.78. The van der Waals surface area contributed by atoms with Gasteiger partial charge in [-0.1, -0.05) is 6.08 Å². The Balaban J connectivity index is 2.08. The number of rotatable bonds is 3. The van der Waals surface area contributed by atoms with Crippen molar-refractivity contribution in [2.75, 3.05) is 13.1 Å². The molecule has 0 radical (unpaired) electrons. The highest BCUT2D eigenvalue weighted by Crippen LogP contribution is 2.27. The van der Waals surface area contributed by atoms with Gasteiger partial charge in [0.25, 0.3) is 0 Å². The van der Waals surface area contributed by atoms with Crippen LogP contribution in [0.1, 0.15) is 24.6 Å². The number of imidazole rings is 1. The number of fused-ring (bicyclic) bond motifs is 1. The molecule has 0 bridgehead atoms. The monoisotopic (exact) mass is 242 g/mol. The summed E-state index contributed by atoms with van der Waals surface area (Å²) in [6, 6.07) is 3.98. The first-order valence-electron chi connectivity index (χ1n) is 6.53. The standard InChI is InChI=1S/C14H18N4/c1-2-10-18-13(11-5-8-15-9-6-11)17-12-4-3-7-16-14(12)18/h2-4,7,11,15H,1,5-6,8-10H2. The van der Waals surface area contributed by atoms with Gasteiger partial charge >= 0.3 is 0 Å². The Morgan fingerprint density at radius 3 is 3.06 bits per heavy atom. The molecule has 0 aromatic carbocycles. The Labute approximate surface area is 107 Å². The van der Waals surface area contributed by atoms with Crippen molar-refractivity contribution < 1.29 is 0 Å². The lowest BCUT2D eigenvalue weighted by molar-refractivity contribution is 0.436. The normalized spacial score (nSPS) is 17.1. The number of pyridine rings is 1. The van der Waals surface area contributed by atoms with E-state index >= 15 is 0 Å². The van der Waals surface area contributed by atoms with E-state index in [1.54, 1.807) is 0 Å².